The summed E-state index contributed by atoms with van der Waals surface area (Å²) in [6, 6.07) is 7.94. The molecule has 1 aromatic carbocycles. The Bertz CT molecular complexity index is 229. The van der Waals surface area contributed by atoms with Crippen LogP contribution in [0.2, 0.25) is 0 Å². The summed E-state index contributed by atoms with van der Waals surface area (Å²) in [6.45, 7) is 13.5. The first-order valence-corrected chi connectivity index (χ1v) is 2.71. The van der Waals surface area contributed by atoms with Gasteiger partial charge in [-0.2, -0.15) is 0 Å². The van der Waals surface area contributed by atoms with E-state index in [0.29, 0.717) is 0 Å². The molecule has 0 amide bonds. The van der Waals surface area contributed by atoms with Crippen LogP contribution in [0, 0.1) is 25.8 Å². The van der Waals surface area contributed by atoms with E-state index in [1.165, 1.54) is 12.1 Å². The minimum Gasteiger partial charge on any atom is 6.00 e. The third-order valence-corrected chi connectivity index (χ3v) is 0.733. The first kappa shape index (κ1) is 23.1. The Morgan fingerprint density at radius 2 is 1.07 bits per heavy atom. The van der Waals surface area contributed by atoms with Crippen LogP contribution in [0.5, 0.6) is 0 Å². The molecule has 0 N–H and O–H groups in total. The maximum atomic E-state index is 11.9. The van der Waals surface area contributed by atoms with E-state index < -0.39 is 0 Å². The molecule has 0 saturated heterocycles. The van der Waals surface area contributed by atoms with Gasteiger partial charge in [0.25, 0.3) is 0 Å². The second-order valence-electron chi connectivity index (χ2n) is 1.30. The van der Waals surface area contributed by atoms with Gasteiger partial charge in [0.15, 0.2) is 0 Å². The fourth-order valence-corrected chi connectivity index (χ4v) is 0.415. The summed E-state index contributed by atoms with van der Waals surface area (Å²) in [5, 5.41) is 0. The van der Waals surface area contributed by atoms with Gasteiger partial charge in [0, 0.05) is 0 Å². The summed E-state index contributed by atoms with van der Waals surface area (Å²) < 4.78 is 34.4. The Balaban J connectivity index is -0.0000000625. The molecule has 1 rings (SSSR count). The molecule has 0 aromatic heterocycles. The minimum atomic E-state index is -0.178. The van der Waals surface area contributed by atoms with E-state index in [1.54, 1.807) is 18.2 Å². The summed E-state index contributed by atoms with van der Waals surface area (Å²) in [5.41, 5.74) is 0. The maximum Gasteiger partial charge on any atom is 6.00 e. The summed E-state index contributed by atoms with van der Waals surface area (Å²) >= 11 is 0. The predicted octanol–water partition coefficient (Wildman–Crippen LogP) is 1.71. The average Bonchev–Trinajstić information content (AvgIpc) is 2.28. The third-order valence-electron chi connectivity index (χ3n) is 0.733. The molecule has 0 aliphatic carbocycles. The molecule has 0 fully saturated rings. The Hall–Kier alpha value is -1.10. The molecule has 0 bridgehead atoms. The van der Waals surface area contributed by atoms with Crippen molar-refractivity contribution in [1.29, 1.82) is 0 Å². The molecule has 0 saturated carbocycles. The Morgan fingerprint density at radius 1 is 0.786 bits per heavy atom. The van der Waals surface area contributed by atoms with Crippen molar-refractivity contribution in [3.63, 3.8) is 0 Å². The molecule has 0 unspecified atom stereocenters. The predicted molar refractivity (Wildman–Crippen MR) is 38.2 cm³/mol. The van der Waals surface area contributed by atoms with Gasteiger partial charge in [-0.15, -0.1) is 0 Å². The molecule has 0 aliphatic heterocycles. The standard InChI is InChI=1S/C6H5F.3CO.Cr/c7-6-4-2-1-3-5-6;3*1-2;/h1-5H;;;;/q;;;;+6. The zero-order chi connectivity index (χ0) is 11.1. The zero-order valence-electron chi connectivity index (χ0n) is 6.90. The normalized spacial score (nSPS) is 4.79. The van der Waals surface area contributed by atoms with Gasteiger partial charge >= 0.3 is 51.3 Å². The van der Waals surface area contributed by atoms with Crippen LogP contribution in [-0.4, -0.2) is 0 Å². The first-order valence-electron chi connectivity index (χ1n) is 2.71. The number of hydrogen-bond acceptors (Lipinski definition) is 0. The van der Waals surface area contributed by atoms with E-state index in [-0.39, 0.29) is 23.2 Å². The van der Waals surface area contributed by atoms with Gasteiger partial charge in [0.1, 0.15) is 5.82 Å². The monoisotopic (exact) mass is 232 g/mol. The van der Waals surface area contributed by atoms with Gasteiger partial charge in [-0.3, -0.25) is 0 Å². The largest absolute Gasteiger partial charge is 6.00 e. The van der Waals surface area contributed by atoms with Gasteiger partial charge in [0.05, 0.1) is 0 Å². The molecule has 3 nitrogen and oxygen atoms in total. The molecule has 0 aliphatic rings. The van der Waals surface area contributed by atoms with Crippen molar-refractivity contribution in [3.05, 3.63) is 56.1 Å². The molecule has 5 heteroatoms. The van der Waals surface area contributed by atoms with E-state index in [4.69, 9.17) is 14.0 Å². The van der Waals surface area contributed by atoms with Crippen LogP contribution in [0.25, 0.3) is 0 Å². The fourth-order valence-electron chi connectivity index (χ4n) is 0.415. The molecule has 1 aromatic rings. The average molecular weight is 232 g/mol. The number of benzene rings is 1. The van der Waals surface area contributed by atoms with Crippen LogP contribution >= 0.6 is 0 Å². The van der Waals surface area contributed by atoms with Crippen molar-refractivity contribution in [3.8, 4) is 0 Å². The summed E-state index contributed by atoms with van der Waals surface area (Å²) in [4.78, 5) is 0. The van der Waals surface area contributed by atoms with Gasteiger partial charge in [-0.05, 0) is 12.1 Å². The number of rotatable bonds is 0. The van der Waals surface area contributed by atoms with Crippen LogP contribution in [-0.2, 0) is 31.3 Å². The van der Waals surface area contributed by atoms with E-state index >= 15 is 0 Å². The molecule has 0 atom stereocenters. The fraction of sp³-hybridized carbons (Fsp3) is 0. The second-order valence-corrected chi connectivity index (χ2v) is 1.30. The van der Waals surface area contributed by atoms with Gasteiger partial charge in [-0.1, -0.05) is 18.2 Å². The van der Waals surface area contributed by atoms with Crippen molar-refractivity contribution in [1.82, 2.24) is 0 Å². The molecule has 0 spiro atoms. The van der Waals surface area contributed by atoms with Crippen LogP contribution in [0.4, 0.5) is 4.39 Å². The maximum absolute atomic E-state index is 11.9. The van der Waals surface area contributed by atoms with Crippen LogP contribution in [0.15, 0.2) is 30.3 Å². The van der Waals surface area contributed by atoms with Crippen LogP contribution < -0.4 is 0 Å². The molecular weight excluding hydrogens is 227 g/mol. The van der Waals surface area contributed by atoms with Crippen LogP contribution in [0.1, 0.15) is 0 Å². The SMILES string of the molecule is Fc1ccccc1.[C-]#[O+].[C-]#[O+].[C-]#[O+].[Cr+6]. The van der Waals surface area contributed by atoms with Crippen LogP contribution in [0.3, 0.4) is 0 Å². The van der Waals surface area contributed by atoms with E-state index in [2.05, 4.69) is 20.0 Å². The molecule has 0 heterocycles. The Labute approximate surface area is 92.2 Å². The van der Waals surface area contributed by atoms with Gasteiger partial charge < -0.3 is 0 Å². The quantitative estimate of drug-likeness (QED) is 0.483. The van der Waals surface area contributed by atoms with Crippen molar-refractivity contribution in [2.24, 2.45) is 0 Å². The number of halogens is 1. The summed E-state index contributed by atoms with van der Waals surface area (Å²) in [7, 11) is 0. The van der Waals surface area contributed by atoms with Gasteiger partial charge in [-0.25, -0.2) is 4.39 Å². The first-order chi connectivity index (χ1) is 6.39. The molecule has 14 heavy (non-hydrogen) atoms. The minimum absolute atomic E-state index is 0. The zero-order valence-corrected chi connectivity index (χ0v) is 8.17. The Kier molecular flexibility index (Phi) is 48.9. The second kappa shape index (κ2) is 29.7. The van der Waals surface area contributed by atoms with E-state index in [9.17, 15) is 4.39 Å². The molecule has 66 valence electrons. The van der Waals surface area contributed by atoms with Crippen molar-refractivity contribution in [2.75, 3.05) is 0 Å². The number of hydrogen-bond donors (Lipinski definition) is 0. The topological polar surface area (TPSA) is 59.7 Å². The molecular formula is C9H5CrFO3+6. The van der Waals surface area contributed by atoms with Crippen molar-refractivity contribution < 1.29 is 35.7 Å². The third kappa shape index (κ3) is 22.4. The van der Waals surface area contributed by atoms with E-state index in [1.807, 2.05) is 0 Å². The summed E-state index contributed by atoms with van der Waals surface area (Å²) in [5.74, 6) is -0.178. The van der Waals surface area contributed by atoms with Crippen molar-refractivity contribution in [2.45, 2.75) is 0 Å². The van der Waals surface area contributed by atoms with Crippen molar-refractivity contribution >= 4 is 0 Å². The van der Waals surface area contributed by atoms with Gasteiger partial charge in [0.2, 0.25) is 0 Å². The smallest absolute Gasteiger partial charge is 6.00 e. The van der Waals surface area contributed by atoms with E-state index in [0.717, 1.165) is 0 Å². The Morgan fingerprint density at radius 3 is 1.21 bits per heavy atom. The molecule has 0 radical (unpaired) electrons. The summed E-state index contributed by atoms with van der Waals surface area (Å²) in [6.07, 6.45) is 0.